The zero-order valence-electron chi connectivity index (χ0n) is 17.3. The first-order valence-electron chi connectivity index (χ1n) is 9.92. The van der Waals surface area contributed by atoms with Crippen molar-refractivity contribution >= 4 is 27.7 Å². The summed E-state index contributed by atoms with van der Waals surface area (Å²) < 4.78 is 43.3. The highest BCUT2D eigenvalue weighted by Gasteiger charge is 2.27. The number of rotatable bonds is 8. The lowest BCUT2D eigenvalue weighted by atomic mass is 10.2. The number of aromatic nitrogens is 2. The molecule has 1 aromatic carbocycles. The highest BCUT2D eigenvalue weighted by atomic mass is 32.2. The van der Waals surface area contributed by atoms with Gasteiger partial charge >= 0.3 is 0 Å². The summed E-state index contributed by atoms with van der Waals surface area (Å²) >= 11 is 1.11. The van der Waals surface area contributed by atoms with Gasteiger partial charge in [0.05, 0.1) is 36.2 Å². The van der Waals surface area contributed by atoms with E-state index in [4.69, 9.17) is 13.6 Å². The Hall–Kier alpha value is -2.67. The Bertz CT molecular complexity index is 1160. The van der Waals surface area contributed by atoms with Gasteiger partial charge in [0.2, 0.25) is 21.8 Å². The number of nitrogens with zero attached hydrogens (tertiary/aromatic N) is 3. The number of benzene rings is 1. The Kier molecular flexibility index (Phi) is 6.94. The fourth-order valence-electron chi connectivity index (χ4n) is 3.04. The van der Waals surface area contributed by atoms with Crippen LogP contribution in [0.1, 0.15) is 12.7 Å². The number of ether oxygens (including phenoxy) is 1. The molecule has 0 aliphatic carbocycles. The predicted octanol–water partition coefficient (Wildman–Crippen LogP) is 2.15. The van der Waals surface area contributed by atoms with Crippen LogP contribution in [-0.4, -0.2) is 60.4 Å². The maximum Gasteiger partial charge on any atom is 0.277 e. The summed E-state index contributed by atoms with van der Waals surface area (Å²) in [5.74, 6) is 0.627. The van der Waals surface area contributed by atoms with E-state index in [1.165, 1.54) is 16.4 Å². The molecular weight excluding hydrogens is 456 g/mol. The lowest BCUT2D eigenvalue weighted by molar-refractivity contribution is -0.120. The molecule has 0 radical (unpaired) electrons. The van der Waals surface area contributed by atoms with Gasteiger partial charge in [0.15, 0.2) is 0 Å². The van der Waals surface area contributed by atoms with Gasteiger partial charge in [-0.2, -0.15) is 4.31 Å². The van der Waals surface area contributed by atoms with Gasteiger partial charge in [-0.25, -0.2) is 8.42 Å². The van der Waals surface area contributed by atoms with E-state index in [-0.39, 0.29) is 28.5 Å². The number of hydrogen-bond donors (Lipinski definition) is 1. The third-order valence-corrected chi connectivity index (χ3v) is 7.59. The standard InChI is InChI=1S/C20H22N4O6S2/c1-14(18(25)21-13-16-5-3-9-29-16)31-20-23-22-19(30-20)15-4-2-6-17(12-15)32(26,27)24-7-10-28-11-8-24/h2-6,9,12,14H,7-8,10-11,13H2,1H3,(H,21,25)/t14-/m0/s1. The lowest BCUT2D eigenvalue weighted by Gasteiger charge is -2.26. The fourth-order valence-corrected chi connectivity index (χ4v) is 5.20. The van der Waals surface area contributed by atoms with Crippen LogP contribution in [0, 0.1) is 0 Å². The van der Waals surface area contributed by atoms with Crippen molar-refractivity contribution in [3.8, 4) is 11.5 Å². The number of carbonyl (C=O) groups is 1. The zero-order chi connectivity index (χ0) is 22.6. The van der Waals surface area contributed by atoms with Crippen molar-refractivity contribution in [1.82, 2.24) is 19.8 Å². The fraction of sp³-hybridized carbons (Fsp3) is 0.350. The second kappa shape index (κ2) is 9.86. The van der Waals surface area contributed by atoms with Crippen LogP contribution in [0.5, 0.6) is 0 Å². The molecule has 2 aromatic heterocycles. The van der Waals surface area contributed by atoms with Crippen LogP contribution in [0.3, 0.4) is 0 Å². The quantitative estimate of drug-likeness (QED) is 0.484. The molecule has 0 spiro atoms. The molecule has 170 valence electrons. The molecule has 1 aliphatic heterocycles. The summed E-state index contributed by atoms with van der Waals surface area (Å²) in [5.41, 5.74) is 0.480. The number of hydrogen-bond acceptors (Lipinski definition) is 9. The Morgan fingerprint density at radius 1 is 1.22 bits per heavy atom. The van der Waals surface area contributed by atoms with E-state index in [9.17, 15) is 13.2 Å². The average Bonchev–Trinajstić information content (AvgIpc) is 3.50. The molecule has 1 amide bonds. The third-order valence-electron chi connectivity index (χ3n) is 4.76. The number of carbonyl (C=O) groups excluding carboxylic acids is 1. The summed E-state index contributed by atoms with van der Waals surface area (Å²) in [4.78, 5) is 12.4. The minimum absolute atomic E-state index is 0.148. The Balaban J connectivity index is 1.42. The first-order chi connectivity index (χ1) is 15.4. The first kappa shape index (κ1) is 22.5. The molecule has 0 saturated carbocycles. The number of thioether (sulfide) groups is 1. The SMILES string of the molecule is C[C@H](Sc1nnc(-c2cccc(S(=O)(=O)N3CCOCC3)c2)o1)C(=O)NCc1ccco1. The van der Waals surface area contributed by atoms with E-state index >= 15 is 0 Å². The van der Waals surface area contributed by atoms with Crippen molar-refractivity contribution < 1.29 is 26.8 Å². The van der Waals surface area contributed by atoms with Crippen LogP contribution in [0.4, 0.5) is 0 Å². The predicted molar refractivity (Wildman–Crippen MR) is 115 cm³/mol. The number of nitrogens with one attached hydrogen (secondary N) is 1. The molecule has 1 N–H and O–H groups in total. The molecule has 32 heavy (non-hydrogen) atoms. The summed E-state index contributed by atoms with van der Waals surface area (Å²) in [7, 11) is -3.64. The van der Waals surface area contributed by atoms with Crippen molar-refractivity contribution in [3.63, 3.8) is 0 Å². The van der Waals surface area contributed by atoms with Gasteiger partial charge < -0.3 is 18.9 Å². The molecule has 10 nitrogen and oxygen atoms in total. The van der Waals surface area contributed by atoms with Crippen molar-refractivity contribution in [1.29, 1.82) is 0 Å². The summed E-state index contributed by atoms with van der Waals surface area (Å²) in [6, 6.07) is 9.89. The summed E-state index contributed by atoms with van der Waals surface area (Å²) in [6.07, 6.45) is 1.54. The van der Waals surface area contributed by atoms with Gasteiger partial charge in [0.1, 0.15) is 5.76 Å². The number of furan rings is 1. The van der Waals surface area contributed by atoms with Crippen LogP contribution >= 0.6 is 11.8 Å². The van der Waals surface area contributed by atoms with E-state index in [0.717, 1.165) is 11.8 Å². The number of amides is 1. The third kappa shape index (κ3) is 5.21. The van der Waals surface area contributed by atoms with E-state index < -0.39 is 15.3 Å². The van der Waals surface area contributed by atoms with Gasteiger partial charge in [-0.15, -0.1) is 10.2 Å². The molecule has 0 bridgehead atoms. The topological polar surface area (TPSA) is 128 Å². The van der Waals surface area contributed by atoms with Gasteiger partial charge in [-0.1, -0.05) is 17.8 Å². The minimum Gasteiger partial charge on any atom is -0.467 e. The molecule has 1 saturated heterocycles. The van der Waals surface area contributed by atoms with Gasteiger partial charge in [-0.05, 0) is 37.3 Å². The highest BCUT2D eigenvalue weighted by Crippen LogP contribution is 2.28. The van der Waals surface area contributed by atoms with E-state index in [1.54, 1.807) is 37.5 Å². The van der Waals surface area contributed by atoms with Crippen molar-refractivity contribution in [2.75, 3.05) is 26.3 Å². The van der Waals surface area contributed by atoms with Gasteiger partial charge in [0.25, 0.3) is 5.22 Å². The van der Waals surface area contributed by atoms with Crippen LogP contribution < -0.4 is 5.32 Å². The molecule has 0 unspecified atom stereocenters. The van der Waals surface area contributed by atoms with Crippen molar-refractivity contribution in [3.05, 3.63) is 48.4 Å². The van der Waals surface area contributed by atoms with Gasteiger partial charge in [-0.3, -0.25) is 4.79 Å². The molecule has 3 heterocycles. The highest BCUT2D eigenvalue weighted by molar-refractivity contribution is 8.00. The molecule has 12 heteroatoms. The van der Waals surface area contributed by atoms with Gasteiger partial charge in [0, 0.05) is 18.7 Å². The smallest absolute Gasteiger partial charge is 0.277 e. The Labute approximate surface area is 189 Å². The van der Waals surface area contributed by atoms with Crippen molar-refractivity contribution in [2.24, 2.45) is 0 Å². The largest absolute Gasteiger partial charge is 0.467 e. The lowest BCUT2D eigenvalue weighted by Crippen LogP contribution is -2.40. The molecule has 1 atom stereocenters. The summed E-state index contributed by atoms with van der Waals surface area (Å²) in [5, 5.41) is 10.5. The molecule has 3 aromatic rings. The van der Waals surface area contributed by atoms with Crippen LogP contribution in [-0.2, 0) is 26.1 Å². The average molecular weight is 479 g/mol. The number of morpholine rings is 1. The van der Waals surface area contributed by atoms with Crippen molar-refractivity contribution in [2.45, 2.75) is 28.8 Å². The maximum absolute atomic E-state index is 12.9. The normalized spacial score (nSPS) is 16.0. The monoisotopic (exact) mass is 478 g/mol. The summed E-state index contributed by atoms with van der Waals surface area (Å²) in [6.45, 7) is 3.38. The van der Waals surface area contributed by atoms with E-state index in [0.29, 0.717) is 37.6 Å². The van der Waals surface area contributed by atoms with E-state index in [2.05, 4.69) is 15.5 Å². The molecule has 4 rings (SSSR count). The molecule has 1 aliphatic rings. The Morgan fingerprint density at radius 3 is 2.78 bits per heavy atom. The van der Waals surface area contributed by atoms with Crippen LogP contribution in [0.25, 0.3) is 11.5 Å². The van der Waals surface area contributed by atoms with Crippen LogP contribution in [0.15, 0.2) is 61.6 Å². The molecule has 1 fully saturated rings. The zero-order valence-corrected chi connectivity index (χ0v) is 18.9. The van der Waals surface area contributed by atoms with Crippen LogP contribution in [0.2, 0.25) is 0 Å². The van der Waals surface area contributed by atoms with E-state index in [1.807, 2.05) is 0 Å². The second-order valence-corrected chi connectivity index (χ2v) is 10.2. The maximum atomic E-state index is 12.9. The number of sulfonamides is 1. The second-order valence-electron chi connectivity index (χ2n) is 6.97. The minimum atomic E-state index is -3.64. The molecular formula is C20H22N4O6S2. The first-order valence-corrected chi connectivity index (χ1v) is 12.2. The Morgan fingerprint density at radius 2 is 2.03 bits per heavy atom.